The van der Waals surface area contributed by atoms with E-state index in [1.807, 2.05) is 0 Å². The molecule has 2 rings (SSSR count). The van der Waals surface area contributed by atoms with Crippen molar-refractivity contribution in [1.82, 2.24) is 0 Å². The molecule has 0 aliphatic carbocycles. The van der Waals surface area contributed by atoms with Gasteiger partial charge in [-0.05, 0) is 18.6 Å². The number of benzene rings is 2. The Hall–Kier alpha value is -2.43. The van der Waals surface area contributed by atoms with Crippen molar-refractivity contribution in [2.24, 2.45) is 0 Å². The van der Waals surface area contributed by atoms with Crippen LogP contribution in [0.25, 0.3) is 0 Å². The fourth-order valence-corrected chi connectivity index (χ4v) is 1.84. The molecule has 0 aliphatic heterocycles. The Kier molecular flexibility index (Phi) is 4.07. The summed E-state index contributed by atoms with van der Waals surface area (Å²) in [5, 5.41) is 13.8. The van der Waals surface area contributed by atoms with Crippen LogP contribution in [-0.4, -0.2) is 11.5 Å². The predicted octanol–water partition coefficient (Wildman–Crippen LogP) is 3.39. The molecule has 0 saturated carbocycles. The molecule has 0 aromatic heterocycles. The number of nitrogens with one attached hydrogen (secondary N) is 1. The number of hydrogen-bond donors (Lipinski definition) is 1. The highest BCUT2D eigenvalue weighted by Crippen LogP contribution is 2.18. The highest BCUT2D eigenvalue weighted by Gasteiger charge is 2.11. The lowest BCUT2D eigenvalue weighted by Crippen LogP contribution is -2.07. The van der Waals surface area contributed by atoms with E-state index in [1.54, 1.807) is 36.4 Å². The second kappa shape index (κ2) is 5.95. The molecule has 98 valence electrons. The lowest BCUT2D eigenvalue weighted by Gasteiger charge is -2.07. The van der Waals surface area contributed by atoms with E-state index in [0.29, 0.717) is 24.2 Å². The zero-order chi connectivity index (χ0) is 13.7. The summed E-state index contributed by atoms with van der Waals surface area (Å²) < 4.78 is 13.4. The third-order valence-corrected chi connectivity index (χ3v) is 2.77. The van der Waals surface area contributed by atoms with Crippen LogP contribution in [0.2, 0.25) is 0 Å². The molecule has 0 amide bonds. The number of nitro groups is 1. The molecule has 0 atom stereocenters. The van der Waals surface area contributed by atoms with Crippen LogP contribution in [-0.2, 0) is 6.42 Å². The fraction of sp³-hybridized carbons (Fsp3) is 0.143. The van der Waals surface area contributed by atoms with Gasteiger partial charge in [0.05, 0.1) is 10.6 Å². The molecule has 2 aromatic rings. The van der Waals surface area contributed by atoms with Crippen molar-refractivity contribution in [2.45, 2.75) is 6.42 Å². The summed E-state index contributed by atoms with van der Waals surface area (Å²) >= 11 is 0. The average Bonchev–Trinajstić information content (AvgIpc) is 2.41. The first-order valence-electron chi connectivity index (χ1n) is 5.89. The van der Waals surface area contributed by atoms with Crippen molar-refractivity contribution >= 4 is 11.4 Å². The van der Waals surface area contributed by atoms with Gasteiger partial charge in [0.25, 0.3) is 5.69 Å². The van der Waals surface area contributed by atoms with Crippen LogP contribution < -0.4 is 5.32 Å². The molecular weight excluding hydrogens is 247 g/mol. The van der Waals surface area contributed by atoms with Crippen LogP contribution in [0.5, 0.6) is 0 Å². The van der Waals surface area contributed by atoms with Gasteiger partial charge in [0.1, 0.15) is 5.82 Å². The average molecular weight is 260 g/mol. The minimum Gasteiger partial charge on any atom is -0.382 e. The number of halogens is 1. The van der Waals surface area contributed by atoms with Gasteiger partial charge in [-0.1, -0.05) is 30.3 Å². The molecule has 2 aromatic carbocycles. The molecule has 19 heavy (non-hydrogen) atoms. The van der Waals surface area contributed by atoms with E-state index >= 15 is 0 Å². The molecule has 1 N–H and O–H groups in total. The number of hydrogen-bond acceptors (Lipinski definition) is 3. The van der Waals surface area contributed by atoms with E-state index < -0.39 is 4.92 Å². The van der Waals surface area contributed by atoms with Crippen molar-refractivity contribution < 1.29 is 9.31 Å². The van der Waals surface area contributed by atoms with Gasteiger partial charge >= 0.3 is 0 Å². The Morgan fingerprint density at radius 1 is 1.11 bits per heavy atom. The quantitative estimate of drug-likeness (QED) is 0.662. The van der Waals surface area contributed by atoms with E-state index in [-0.39, 0.29) is 11.5 Å². The van der Waals surface area contributed by atoms with Crippen molar-refractivity contribution in [3.8, 4) is 0 Å². The topological polar surface area (TPSA) is 55.2 Å². The molecule has 0 heterocycles. The van der Waals surface area contributed by atoms with Crippen molar-refractivity contribution in [2.75, 3.05) is 11.9 Å². The van der Waals surface area contributed by atoms with Crippen LogP contribution in [0.3, 0.4) is 0 Å². The van der Waals surface area contributed by atoms with Crippen LogP contribution in [0, 0.1) is 15.9 Å². The summed E-state index contributed by atoms with van der Waals surface area (Å²) in [6.07, 6.45) is 0.464. The zero-order valence-electron chi connectivity index (χ0n) is 10.2. The summed E-state index contributed by atoms with van der Waals surface area (Å²) in [5.74, 6) is -0.329. The van der Waals surface area contributed by atoms with Gasteiger partial charge in [-0.15, -0.1) is 0 Å². The maximum absolute atomic E-state index is 13.4. The van der Waals surface area contributed by atoms with Crippen LogP contribution >= 0.6 is 0 Å². The Morgan fingerprint density at radius 2 is 1.79 bits per heavy atom. The molecule has 0 fully saturated rings. The molecule has 0 bridgehead atoms. The predicted molar refractivity (Wildman–Crippen MR) is 71.7 cm³/mol. The maximum Gasteiger partial charge on any atom is 0.272 e. The van der Waals surface area contributed by atoms with Gasteiger partial charge in [0.15, 0.2) is 0 Å². The van der Waals surface area contributed by atoms with Gasteiger partial charge < -0.3 is 5.32 Å². The zero-order valence-corrected chi connectivity index (χ0v) is 10.2. The molecule has 0 radical (unpaired) electrons. The van der Waals surface area contributed by atoms with Crippen LogP contribution in [0.1, 0.15) is 5.56 Å². The standard InChI is InChI=1S/C14H13FN2O2/c15-12-6-2-3-7-13(12)16-10-9-11-5-1-4-8-14(11)17(18)19/h1-8,16H,9-10H2. The third kappa shape index (κ3) is 3.28. The number of nitrogens with zero attached hydrogens (tertiary/aromatic N) is 1. The summed E-state index contributed by atoms with van der Waals surface area (Å²) in [5.41, 5.74) is 1.13. The largest absolute Gasteiger partial charge is 0.382 e. The highest BCUT2D eigenvalue weighted by atomic mass is 19.1. The normalized spacial score (nSPS) is 10.2. The van der Waals surface area contributed by atoms with Crippen LogP contribution in [0.4, 0.5) is 15.8 Å². The van der Waals surface area contributed by atoms with E-state index in [1.165, 1.54) is 12.1 Å². The highest BCUT2D eigenvalue weighted by molar-refractivity contribution is 5.45. The molecule has 0 unspecified atom stereocenters. The Labute approximate surface area is 110 Å². The Bertz CT molecular complexity index is 587. The van der Waals surface area contributed by atoms with Crippen LogP contribution in [0.15, 0.2) is 48.5 Å². The fourth-order valence-electron chi connectivity index (χ4n) is 1.84. The molecule has 4 nitrogen and oxygen atoms in total. The van der Waals surface area contributed by atoms with Crippen molar-refractivity contribution in [1.29, 1.82) is 0 Å². The van der Waals surface area contributed by atoms with E-state index in [2.05, 4.69) is 5.32 Å². The minimum atomic E-state index is -0.404. The number of rotatable bonds is 5. The van der Waals surface area contributed by atoms with Gasteiger partial charge in [-0.3, -0.25) is 10.1 Å². The van der Waals surface area contributed by atoms with E-state index in [4.69, 9.17) is 0 Å². The summed E-state index contributed by atoms with van der Waals surface area (Å²) in [6.45, 7) is 0.436. The molecular formula is C14H13FN2O2. The van der Waals surface area contributed by atoms with Gasteiger partial charge in [-0.2, -0.15) is 0 Å². The molecule has 0 spiro atoms. The molecule has 0 saturated heterocycles. The first kappa shape index (κ1) is 13.0. The van der Waals surface area contributed by atoms with E-state index in [0.717, 1.165) is 0 Å². The maximum atomic E-state index is 13.4. The summed E-state index contributed by atoms with van der Waals surface area (Å²) in [7, 11) is 0. The monoisotopic (exact) mass is 260 g/mol. The first-order valence-corrected chi connectivity index (χ1v) is 5.89. The SMILES string of the molecule is O=[N+]([O-])c1ccccc1CCNc1ccccc1F. The van der Waals surface area contributed by atoms with E-state index in [9.17, 15) is 14.5 Å². The lowest BCUT2D eigenvalue weighted by molar-refractivity contribution is -0.385. The molecule has 5 heteroatoms. The van der Waals surface area contributed by atoms with Gasteiger partial charge in [0.2, 0.25) is 0 Å². The summed E-state index contributed by atoms with van der Waals surface area (Å²) in [4.78, 5) is 10.4. The smallest absolute Gasteiger partial charge is 0.272 e. The lowest BCUT2D eigenvalue weighted by atomic mass is 10.1. The van der Waals surface area contributed by atoms with Gasteiger partial charge in [-0.25, -0.2) is 4.39 Å². The second-order valence-corrected chi connectivity index (χ2v) is 4.04. The summed E-state index contributed by atoms with van der Waals surface area (Å²) in [6, 6.07) is 12.9. The van der Waals surface area contributed by atoms with Crippen molar-refractivity contribution in [3.05, 3.63) is 70.0 Å². The Morgan fingerprint density at radius 3 is 2.53 bits per heavy atom. The second-order valence-electron chi connectivity index (χ2n) is 4.04. The third-order valence-electron chi connectivity index (χ3n) is 2.77. The Balaban J connectivity index is 2.00. The number of para-hydroxylation sites is 2. The number of nitro benzene ring substituents is 1. The van der Waals surface area contributed by atoms with Crippen molar-refractivity contribution in [3.63, 3.8) is 0 Å². The van der Waals surface area contributed by atoms with Gasteiger partial charge in [0, 0.05) is 18.2 Å². The minimum absolute atomic E-state index is 0.0952. The first-order chi connectivity index (χ1) is 9.18. The number of anilines is 1. The molecule has 0 aliphatic rings.